The van der Waals surface area contributed by atoms with Crippen LogP contribution in [0.4, 0.5) is 17.1 Å². The molecular formula is C25H22N4O4S. The Balaban J connectivity index is 1.69. The normalized spacial score (nSPS) is 10.5. The molecule has 8 nitrogen and oxygen atoms in total. The van der Waals surface area contributed by atoms with Gasteiger partial charge in [-0.2, -0.15) is 0 Å². The Labute approximate surface area is 202 Å². The quantitative estimate of drug-likeness (QED) is 0.221. The van der Waals surface area contributed by atoms with Crippen LogP contribution in [0.25, 0.3) is 6.08 Å². The zero-order valence-electron chi connectivity index (χ0n) is 18.3. The van der Waals surface area contributed by atoms with E-state index in [1.165, 1.54) is 30.4 Å². The fraction of sp³-hybridized carbons (Fsp3) is 0.0800. The van der Waals surface area contributed by atoms with E-state index in [2.05, 4.69) is 10.6 Å². The average molecular weight is 475 g/mol. The number of hydrogen-bond donors (Lipinski definition) is 2. The fourth-order valence-corrected chi connectivity index (χ4v) is 3.41. The van der Waals surface area contributed by atoms with Gasteiger partial charge in [0.15, 0.2) is 5.11 Å². The van der Waals surface area contributed by atoms with Gasteiger partial charge in [-0.25, -0.2) is 0 Å². The van der Waals surface area contributed by atoms with E-state index >= 15 is 0 Å². The van der Waals surface area contributed by atoms with Crippen molar-refractivity contribution in [2.24, 2.45) is 0 Å². The first-order valence-corrected chi connectivity index (χ1v) is 10.8. The van der Waals surface area contributed by atoms with Gasteiger partial charge in [0.2, 0.25) is 5.91 Å². The molecule has 3 aromatic rings. The molecule has 0 saturated heterocycles. The van der Waals surface area contributed by atoms with E-state index in [-0.39, 0.29) is 16.7 Å². The Kier molecular flexibility index (Phi) is 8.20. The van der Waals surface area contributed by atoms with Crippen molar-refractivity contribution in [1.82, 2.24) is 5.32 Å². The summed E-state index contributed by atoms with van der Waals surface area (Å²) in [4.78, 5) is 37.5. The summed E-state index contributed by atoms with van der Waals surface area (Å²) in [5, 5.41) is 16.3. The van der Waals surface area contributed by atoms with E-state index in [1.54, 1.807) is 35.2 Å². The first kappa shape index (κ1) is 24.3. The number of thiocarbonyl (C=S) groups is 1. The molecule has 9 heteroatoms. The minimum Gasteiger partial charge on any atom is -0.332 e. The van der Waals surface area contributed by atoms with E-state index in [0.717, 1.165) is 5.69 Å². The Hall–Kier alpha value is -4.37. The molecule has 0 atom stereocenters. The Bertz CT molecular complexity index is 1240. The molecule has 0 fully saturated rings. The summed E-state index contributed by atoms with van der Waals surface area (Å²) >= 11 is 5.24. The molecule has 0 bridgehead atoms. The third-order valence-corrected chi connectivity index (χ3v) is 4.98. The molecule has 0 saturated carbocycles. The number of carbonyl (C=O) groups excluding carboxylic acids is 2. The molecule has 0 unspecified atom stereocenters. The Morgan fingerprint density at radius 2 is 1.74 bits per heavy atom. The van der Waals surface area contributed by atoms with E-state index in [4.69, 9.17) is 12.2 Å². The van der Waals surface area contributed by atoms with E-state index in [0.29, 0.717) is 23.4 Å². The van der Waals surface area contributed by atoms with Crippen LogP contribution in [0.5, 0.6) is 0 Å². The third-order valence-electron chi connectivity index (χ3n) is 4.78. The number of carbonyl (C=O) groups is 2. The van der Waals surface area contributed by atoms with Crippen LogP contribution >= 0.6 is 12.2 Å². The van der Waals surface area contributed by atoms with Crippen LogP contribution in [0.1, 0.15) is 22.8 Å². The maximum atomic E-state index is 13.2. The van der Waals surface area contributed by atoms with Gasteiger partial charge in [-0.1, -0.05) is 42.5 Å². The summed E-state index contributed by atoms with van der Waals surface area (Å²) in [6.07, 6.45) is 2.67. The summed E-state index contributed by atoms with van der Waals surface area (Å²) < 4.78 is 0. The van der Waals surface area contributed by atoms with Crippen molar-refractivity contribution in [3.05, 3.63) is 106 Å². The number of nitrogens with zero attached hydrogens (tertiary/aromatic N) is 2. The summed E-state index contributed by atoms with van der Waals surface area (Å²) in [5.41, 5.74) is 2.05. The van der Waals surface area contributed by atoms with Gasteiger partial charge in [-0.15, -0.1) is 0 Å². The number of anilines is 2. The molecule has 2 N–H and O–H groups in total. The molecule has 0 aromatic heterocycles. The van der Waals surface area contributed by atoms with Crippen molar-refractivity contribution < 1.29 is 14.5 Å². The van der Waals surface area contributed by atoms with Gasteiger partial charge >= 0.3 is 0 Å². The highest BCUT2D eigenvalue weighted by atomic mass is 32.1. The second-order valence-electron chi connectivity index (χ2n) is 7.06. The van der Waals surface area contributed by atoms with E-state index in [1.807, 2.05) is 37.3 Å². The molecule has 0 radical (unpaired) electrons. The van der Waals surface area contributed by atoms with Crippen LogP contribution in [0.2, 0.25) is 0 Å². The number of amides is 2. The van der Waals surface area contributed by atoms with Crippen molar-refractivity contribution in [3.8, 4) is 0 Å². The molecule has 0 heterocycles. The summed E-state index contributed by atoms with van der Waals surface area (Å²) in [6, 6.07) is 22.1. The molecule has 172 valence electrons. The molecule has 3 aromatic carbocycles. The molecule has 0 aliphatic heterocycles. The predicted molar refractivity (Wildman–Crippen MR) is 137 cm³/mol. The number of nitro benzene ring substituents is 1. The Morgan fingerprint density at radius 1 is 1.03 bits per heavy atom. The molecule has 0 aliphatic carbocycles. The second-order valence-corrected chi connectivity index (χ2v) is 7.47. The lowest BCUT2D eigenvalue weighted by Gasteiger charge is -2.22. The number of para-hydroxylation sites is 2. The van der Waals surface area contributed by atoms with Crippen LogP contribution in [0, 0.1) is 10.1 Å². The van der Waals surface area contributed by atoms with Crippen LogP contribution in [0.15, 0.2) is 84.9 Å². The van der Waals surface area contributed by atoms with Crippen LogP contribution in [0.3, 0.4) is 0 Å². The van der Waals surface area contributed by atoms with Crippen molar-refractivity contribution in [3.63, 3.8) is 0 Å². The smallest absolute Gasteiger partial charge is 0.270 e. The topological polar surface area (TPSA) is 105 Å². The molecule has 0 aliphatic rings. The predicted octanol–water partition coefficient (Wildman–Crippen LogP) is 4.79. The number of hydrogen-bond acceptors (Lipinski definition) is 5. The summed E-state index contributed by atoms with van der Waals surface area (Å²) in [5.74, 6) is -0.733. The largest absolute Gasteiger partial charge is 0.332 e. The van der Waals surface area contributed by atoms with E-state index < -0.39 is 10.8 Å². The SMILES string of the molecule is CCN(C(=O)c1ccccc1NC(=S)NC(=O)/C=C/c1cccc([N+](=O)[O-])c1)c1ccccc1. The van der Waals surface area contributed by atoms with Crippen molar-refractivity contribution in [2.45, 2.75) is 6.92 Å². The zero-order chi connectivity index (χ0) is 24.5. The minimum absolute atomic E-state index is 0.0108. The molecule has 2 amide bonds. The van der Waals surface area contributed by atoms with Crippen LogP contribution < -0.4 is 15.5 Å². The number of nitro groups is 1. The first-order chi connectivity index (χ1) is 16.4. The first-order valence-electron chi connectivity index (χ1n) is 10.4. The highest BCUT2D eigenvalue weighted by Crippen LogP contribution is 2.22. The monoisotopic (exact) mass is 474 g/mol. The molecule has 3 rings (SSSR count). The number of benzene rings is 3. The van der Waals surface area contributed by atoms with Crippen molar-refractivity contribution >= 4 is 52.3 Å². The van der Waals surface area contributed by atoms with Crippen LogP contribution in [-0.4, -0.2) is 28.4 Å². The van der Waals surface area contributed by atoms with Gasteiger partial charge in [-0.05, 0) is 55.0 Å². The maximum absolute atomic E-state index is 13.2. The Morgan fingerprint density at radius 3 is 2.44 bits per heavy atom. The lowest BCUT2D eigenvalue weighted by Crippen LogP contribution is -2.35. The van der Waals surface area contributed by atoms with Gasteiger partial charge in [0.25, 0.3) is 11.6 Å². The summed E-state index contributed by atoms with van der Waals surface area (Å²) in [6.45, 7) is 2.36. The highest BCUT2D eigenvalue weighted by molar-refractivity contribution is 7.80. The number of rotatable bonds is 7. The van der Waals surface area contributed by atoms with Crippen molar-refractivity contribution in [2.75, 3.05) is 16.8 Å². The standard InChI is InChI=1S/C25H22N4O4S/c1-2-28(19-10-4-3-5-11-19)24(31)21-13-6-7-14-22(21)26-25(34)27-23(30)16-15-18-9-8-12-20(17-18)29(32)33/h3-17H,2H2,1H3,(H2,26,27,30,34)/b16-15+. The average Bonchev–Trinajstić information content (AvgIpc) is 2.84. The van der Waals surface area contributed by atoms with Gasteiger partial charge in [0.1, 0.15) is 0 Å². The van der Waals surface area contributed by atoms with Gasteiger partial charge in [-0.3, -0.25) is 25.0 Å². The zero-order valence-corrected chi connectivity index (χ0v) is 19.1. The van der Waals surface area contributed by atoms with Crippen LogP contribution in [-0.2, 0) is 4.79 Å². The maximum Gasteiger partial charge on any atom is 0.270 e. The lowest BCUT2D eigenvalue weighted by molar-refractivity contribution is -0.384. The fourth-order valence-electron chi connectivity index (χ4n) is 3.20. The summed E-state index contributed by atoms with van der Waals surface area (Å²) in [7, 11) is 0. The minimum atomic E-state index is -0.521. The second kappa shape index (κ2) is 11.5. The molecule has 34 heavy (non-hydrogen) atoms. The van der Waals surface area contributed by atoms with Crippen molar-refractivity contribution in [1.29, 1.82) is 0 Å². The van der Waals surface area contributed by atoms with Gasteiger partial charge in [0, 0.05) is 30.4 Å². The lowest BCUT2D eigenvalue weighted by atomic mass is 10.1. The van der Waals surface area contributed by atoms with E-state index in [9.17, 15) is 19.7 Å². The molecule has 0 spiro atoms. The molecular weight excluding hydrogens is 452 g/mol. The van der Waals surface area contributed by atoms with Gasteiger partial charge in [0.05, 0.1) is 16.2 Å². The third kappa shape index (κ3) is 6.33. The van der Waals surface area contributed by atoms with Gasteiger partial charge < -0.3 is 10.2 Å². The highest BCUT2D eigenvalue weighted by Gasteiger charge is 2.19. The number of non-ortho nitro benzene ring substituents is 1. The number of nitrogens with one attached hydrogen (secondary N) is 2.